The van der Waals surface area contributed by atoms with Gasteiger partial charge in [-0.3, -0.25) is 0 Å². The molecule has 3 N–H and O–H groups in total. The molecule has 1 unspecified atom stereocenters. The molecule has 2 aromatic rings. The summed E-state index contributed by atoms with van der Waals surface area (Å²) >= 11 is 0. The first-order chi connectivity index (χ1) is 11.1. The lowest BCUT2D eigenvalue weighted by atomic mass is 9.97. The Morgan fingerprint density at radius 2 is 1.96 bits per heavy atom. The van der Waals surface area contributed by atoms with E-state index in [1.807, 2.05) is 19.1 Å². The van der Waals surface area contributed by atoms with Crippen LogP contribution in [-0.4, -0.2) is 29.8 Å². The van der Waals surface area contributed by atoms with E-state index in [-0.39, 0.29) is 12.6 Å². The number of benzene rings is 2. The molecule has 0 bridgehead atoms. The molecule has 0 heterocycles. The van der Waals surface area contributed by atoms with Gasteiger partial charge in [-0.15, -0.1) is 0 Å². The van der Waals surface area contributed by atoms with Gasteiger partial charge in [-0.05, 0) is 48.4 Å². The van der Waals surface area contributed by atoms with E-state index in [1.165, 1.54) is 16.3 Å². The second kappa shape index (κ2) is 6.59. The number of aliphatic hydroxyl groups is 1. The summed E-state index contributed by atoms with van der Waals surface area (Å²) in [5, 5.41) is 17.8. The van der Waals surface area contributed by atoms with Crippen molar-refractivity contribution >= 4 is 16.8 Å². The standard InChI is InChI=1S/C19H24N2O2/c1-19(13-22,17-8-9-17)21-18(23)20-11-10-14-6-7-15-4-2-3-5-16(15)12-14/h2-7,12,17,22H,8-11,13H2,1H3,(H2,20,21,23). The van der Waals surface area contributed by atoms with Gasteiger partial charge in [-0.2, -0.15) is 0 Å². The molecule has 1 aliphatic rings. The van der Waals surface area contributed by atoms with Crippen molar-refractivity contribution in [2.24, 2.45) is 5.92 Å². The highest BCUT2D eigenvalue weighted by Gasteiger charge is 2.42. The molecule has 0 aliphatic heterocycles. The summed E-state index contributed by atoms with van der Waals surface area (Å²) in [5.41, 5.74) is 0.712. The number of urea groups is 1. The lowest BCUT2D eigenvalue weighted by molar-refractivity contribution is 0.155. The van der Waals surface area contributed by atoms with Crippen LogP contribution in [0.5, 0.6) is 0 Å². The van der Waals surface area contributed by atoms with E-state index in [0.29, 0.717) is 12.5 Å². The second-order valence-electron chi connectivity index (χ2n) is 6.66. The van der Waals surface area contributed by atoms with Crippen LogP contribution < -0.4 is 10.6 Å². The van der Waals surface area contributed by atoms with E-state index >= 15 is 0 Å². The molecule has 1 saturated carbocycles. The van der Waals surface area contributed by atoms with Gasteiger partial charge in [0.2, 0.25) is 0 Å². The number of nitrogens with one attached hydrogen (secondary N) is 2. The smallest absolute Gasteiger partial charge is 0.315 e. The summed E-state index contributed by atoms with van der Waals surface area (Å²) < 4.78 is 0. The Bertz CT molecular complexity index is 697. The van der Waals surface area contributed by atoms with Crippen molar-refractivity contribution in [3.63, 3.8) is 0 Å². The van der Waals surface area contributed by atoms with E-state index in [9.17, 15) is 9.90 Å². The predicted octanol–water partition coefficient (Wildman–Crippen LogP) is 2.84. The first-order valence-electron chi connectivity index (χ1n) is 8.25. The molecule has 0 spiro atoms. The maximum atomic E-state index is 12.0. The Kier molecular flexibility index (Phi) is 4.53. The number of fused-ring (bicyclic) bond motifs is 1. The van der Waals surface area contributed by atoms with Gasteiger partial charge in [0.1, 0.15) is 0 Å². The van der Waals surface area contributed by atoms with Gasteiger partial charge in [0.15, 0.2) is 0 Å². The lowest BCUT2D eigenvalue weighted by Gasteiger charge is -2.28. The van der Waals surface area contributed by atoms with E-state index in [1.54, 1.807) is 0 Å². The van der Waals surface area contributed by atoms with Crippen LogP contribution in [0.1, 0.15) is 25.3 Å². The maximum Gasteiger partial charge on any atom is 0.315 e. The quantitative estimate of drug-likeness (QED) is 0.768. The Hall–Kier alpha value is -2.07. The highest BCUT2D eigenvalue weighted by atomic mass is 16.3. The first-order valence-corrected chi connectivity index (χ1v) is 8.25. The van der Waals surface area contributed by atoms with Crippen molar-refractivity contribution in [1.29, 1.82) is 0 Å². The number of hydrogen-bond acceptors (Lipinski definition) is 2. The number of carbonyl (C=O) groups excluding carboxylic acids is 1. The molecule has 1 fully saturated rings. The number of rotatable bonds is 6. The summed E-state index contributed by atoms with van der Waals surface area (Å²) in [6.07, 6.45) is 2.94. The maximum absolute atomic E-state index is 12.0. The predicted molar refractivity (Wildman–Crippen MR) is 92.4 cm³/mol. The molecule has 4 nitrogen and oxygen atoms in total. The summed E-state index contributed by atoms with van der Waals surface area (Å²) in [5.74, 6) is 0.402. The molecule has 4 heteroatoms. The topological polar surface area (TPSA) is 61.4 Å². The molecule has 23 heavy (non-hydrogen) atoms. The van der Waals surface area contributed by atoms with Crippen LogP contribution in [0.3, 0.4) is 0 Å². The van der Waals surface area contributed by atoms with Crippen molar-refractivity contribution in [3.8, 4) is 0 Å². The van der Waals surface area contributed by atoms with E-state index in [4.69, 9.17) is 0 Å². The Balaban J connectivity index is 1.51. The van der Waals surface area contributed by atoms with E-state index in [2.05, 4.69) is 41.0 Å². The Morgan fingerprint density at radius 1 is 1.22 bits per heavy atom. The minimum absolute atomic E-state index is 0.0181. The van der Waals surface area contributed by atoms with E-state index < -0.39 is 5.54 Å². The molecule has 0 radical (unpaired) electrons. The molecule has 2 aromatic carbocycles. The van der Waals surface area contributed by atoms with Crippen LogP contribution in [0.25, 0.3) is 10.8 Å². The fourth-order valence-corrected chi connectivity index (χ4v) is 3.01. The SMILES string of the molecule is CC(CO)(NC(=O)NCCc1ccc2ccccc2c1)C1CC1. The highest BCUT2D eigenvalue weighted by Crippen LogP contribution is 2.39. The molecule has 122 valence electrons. The van der Waals surface area contributed by atoms with Crippen LogP contribution in [-0.2, 0) is 6.42 Å². The number of carbonyl (C=O) groups is 1. The monoisotopic (exact) mass is 312 g/mol. The van der Waals surface area contributed by atoms with Crippen LogP contribution in [0.4, 0.5) is 4.79 Å². The minimum atomic E-state index is -0.493. The highest BCUT2D eigenvalue weighted by molar-refractivity contribution is 5.83. The normalized spacial score (nSPS) is 16.8. The molecule has 0 saturated heterocycles. The number of hydrogen-bond donors (Lipinski definition) is 3. The third-order valence-electron chi connectivity index (χ3n) is 4.72. The van der Waals surface area contributed by atoms with Crippen molar-refractivity contribution in [1.82, 2.24) is 10.6 Å². The summed E-state index contributed by atoms with van der Waals surface area (Å²) in [6.45, 7) is 2.47. The lowest BCUT2D eigenvalue weighted by Crippen LogP contribution is -2.54. The fraction of sp³-hybridized carbons (Fsp3) is 0.421. The van der Waals surface area contributed by atoms with Gasteiger partial charge in [0.25, 0.3) is 0 Å². The molecular weight excluding hydrogens is 288 g/mol. The van der Waals surface area contributed by atoms with Crippen molar-refractivity contribution in [2.45, 2.75) is 31.7 Å². The minimum Gasteiger partial charge on any atom is -0.394 e. The van der Waals surface area contributed by atoms with Crippen LogP contribution in [0.2, 0.25) is 0 Å². The van der Waals surface area contributed by atoms with Gasteiger partial charge in [-0.25, -0.2) is 4.79 Å². The molecule has 2 amide bonds. The Labute approximate surface area is 136 Å². The number of amides is 2. The molecule has 3 rings (SSSR count). The zero-order valence-corrected chi connectivity index (χ0v) is 13.5. The average Bonchev–Trinajstić information content (AvgIpc) is 3.40. The third-order valence-corrected chi connectivity index (χ3v) is 4.72. The average molecular weight is 312 g/mol. The van der Waals surface area contributed by atoms with Gasteiger partial charge in [-0.1, -0.05) is 42.5 Å². The number of aliphatic hydroxyl groups excluding tert-OH is 1. The Morgan fingerprint density at radius 3 is 2.65 bits per heavy atom. The summed E-state index contributed by atoms with van der Waals surface area (Å²) in [6, 6.07) is 14.4. The van der Waals surface area contributed by atoms with Crippen LogP contribution >= 0.6 is 0 Å². The van der Waals surface area contributed by atoms with Crippen LogP contribution in [0.15, 0.2) is 42.5 Å². The van der Waals surface area contributed by atoms with Gasteiger partial charge < -0.3 is 15.7 Å². The molecular formula is C19H24N2O2. The molecule has 1 atom stereocenters. The van der Waals surface area contributed by atoms with Crippen molar-refractivity contribution in [3.05, 3.63) is 48.0 Å². The van der Waals surface area contributed by atoms with E-state index in [0.717, 1.165) is 19.3 Å². The van der Waals surface area contributed by atoms with Gasteiger partial charge in [0.05, 0.1) is 12.1 Å². The fourth-order valence-electron chi connectivity index (χ4n) is 3.01. The van der Waals surface area contributed by atoms with Gasteiger partial charge >= 0.3 is 6.03 Å². The van der Waals surface area contributed by atoms with Crippen molar-refractivity contribution < 1.29 is 9.90 Å². The van der Waals surface area contributed by atoms with Crippen LogP contribution in [0, 0.1) is 5.92 Å². The molecule has 1 aliphatic carbocycles. The second-order valence-corrected chi connectivity index (χ2v) is 6.66. The third kappa shape index (κ3) is 3.82. The largest absolute Gasteiger partial charge is 0.394 e. The first kappa shape index (κ1) is 15.8. The molecule has 0 aromatic heterocycles. The van der Waals surface area contributed by atoms with Gasteiger partial charge in [0, 0.05) is 6.54 Å². The van der Waals surface area contributed by atoms with Crippen molar-refractivity contribution in [2.75, 3.05) is 13.2 Å². The zero-order valence-electron chi connectivity index (χ0n) is 13.5. The summed E-state index contributed by atoms with van der Waals surface area (Å²) in [7, 11) is 0. The zero-order chi connectivity index (χ0) is 16.3. The summed E-state index contributed by atoms with van der Waals surface area (Å²) in [4.78, 5) is 12.0.